The van der Waals surface area contributed by atoms with Crippen LogP contribution in [0.5, 0.6) is 0 Å². The number of carbonyl (C=O) groups excluding carboxylic acids is 1. The summed E-state index contributed by atoms with van der Waals surface area (Å²) in [5, 5.41) is 1.71. The van der Waals surface area contributed by atoms with Crippen LogP contribution in [0.1, 0.15) is 30.2 Å². The Labute approximate surface area is 181 Å². The molecule has 0 bridgehead atoms. The van der Waals surface area contributed by atoms with Gasteiger partial charge < -0.3 is 9.72 Å². The van der Waals surface area contributed by atoms with Gasteiger partial charge >= 0.3 is 5.97 Å². The lowest BCUT2D eigenvalue weighted by molar-refractivity contribution is -0.145. The summed E-state index contributed by atoms with van der Waals surface area (Å²) in [7, 11) is -2.74. The van der Waals surface area contributed by atoms with Crippen LogP contribution in [0.4, 0.5) is 0 Å². The molecule has 0 saturated heterocycles. The molecular formula is C23H24ClNO4S. The zero-order valence-electron chi connectivity index (χ0n) is 17.2. The SMILES string of the molecule is COC(=O)C(C)(C1CCc2c([nH]c3ccc(Cl)cc23)C1)S(=O)(=O)c1cccc(C)c1. The van der Waals surface area contributed by atoms with Crippen molar-refractivity contribution >= 4 is 38.3 Å². The van der Waals surface area contributed by atoms with Crippen LogP contribution in [0.3, 0.4) is 0 Å². The Morgan fingerprint density at radius 2 is 2.00 bits per heavy atom. The molecule has 30 heavy (non-hydrogen) atoms. The molecule has 5 nitrogen and oxygen atoms in total. The molecule has 1 aliphatic rings. The number of halogens is 1. The zero-order valence-corrected chi connectivity index (χ0v) is 18.7. The van der Waals surface area contributed by atoms with Gasteiger partial charge in [0, 0.05) is 21.6 Å². The number of hydrogen-bond acceptors (Lipinski definition) is 4. The Hall–Kier alpha value is -2.31. The molecule has 4 rings (SSSR count). The van der Waals surface area contributed by atoms with E-state index in [9.17, 15) is 13.2 Å². The number of hydrogen-bond donors (Lipinski definition) is 1. The molecule has 0 saturated carbocycles. The number of aromatic nitrogens is 1. The monoisotopic (exact) mass is 445 g/mol. The first-order valence-corrected chi connectivity index (χ1v) is 11.7. The highest BCUT2D eigenvalue weighted by Gasteiger charge is 2.54. The molecule has 0 radical (unpaired) electrons. The summed E-state index contributed by atoms with van der Waals surface area (Å²) in [6.07, 6.45) is 1.66. The number of aryl methyl sites for hydroxylation is 2. The van der Waals surface area contributed by atoms with Crippen molar-refractivity contribution in [3.05, 3.63) is 64.3 Å². The molecule has 0 amide bonds. The van der Waals surface area contributed by atoms with E-state index < -0.39 is 26.5 Å². The molecule has 1 N–H and O–H groups in total. The van der Waals surface area contributed by atoms with Crippen molar-refractivity contribution in [2.45, 2.75) is 42.8 Å². The van der Waals surface area contributed by atoms with Crippen LogP contribution in [0.2, 0.25) is 5.02 Å². The highest BCUT2D eigenvalue weighted by molar-refractivity contribution is 7.93. The number of esters is 1. The van der Waals surface area contributed by atoms with Crippen LogP contribution in [0, 0.1) is 12.8 Å². The van der Waals surface area contributed by atoms with E-state index in [2.05, 4.69) is 4.98 Å². The lowest BCUT2D eigenvalue weighted by Crippen LogP contribution is -2.52. The average Bonchev–Trinajstić information content (AvgIpc) is 3.09. The minimum absolute atomic E-state index is 0.143. The van der Waals surface area contributed by atoms with E-state index >= 15 is 0 Å². The number of benzene rings is 2. The quantitative estimate of drug-likeness (QED) is 0.593. The average molecular weight is 446 g/mol. The summed E-state index contributed by atoms with van der Waals surface area (Å²) in [4.78, 5) is 16.5. The van der Waals surface area contributed by atoms with Crippen LogP contribution in [0.15, 0.2) is 47.4 Å². The van der Waals surface area contributed by atoms with Gasteiger partial charge in [0.15, 0.2) is 14.6 Å². The molecule has 3 aromatic rings. The van der Waals surface area contributed by atoms with Gasteiger partial charge in [0.2, 0.25) is 0 Å². The molecule has 2 unspecified atom stereocenters. The molecule has 2 aromatic carbocycles. The largest absolute Gasteiger partial charge is 0.468 e. The van der Waals surface area contributed by atoms with Crippen molar-refractivity contribution in [1.29, 1.82) is 0 Å². The summed E-state index contributed by atoms with van der Waals surface area (Å²) >= 11 is 6.17. The Morgan fingerprint density at radius 1 is 1.23 bits per heavy atom. The number of aromatic amines is 1. The predicted molar refractivity (Wildman–Crippen MR) is 118 cm³/mol. The first-order chi connectivity index (χ1) is 14.2. The smallest absolute Gasteiger partial charge is 0.327 e. The predicted octanol–water partition coefficient (Wildman–Crippen LogP) is 4.64. The van der Waals surface area contributed by atoms with Crippen LogP contribution < -0.4 is 0 Å². The summed E-state index contributed by atoms with van der Waals surface area (Å²) in [5.74, 6) is -1.15. The van der Waals surface area contributed by atoms with E-state index in [-0.39, 0.29) is 4.90 Å². The van der Waals surface area contributed by atoms with Crippen LogP contribution in [-0.2, 0) is 32.2 Å². The third kappa shape index (κ3) is 3.13. The molecule has 0 fully saturated rings. The van der Waals surface area contributed by atoms with Crippen LogP contribution in [0.25, 0.3) is 10.9 Å². The van der Waals surface area contributed by atoms with Crippen molar-refractivity contribution in [2.24, 2.45) is 5.92 Å². The molecule has 0 aliphatic heterocycles. The highest BCUT2D eigenvalue weighted by Crippen LogP contribution is 2.42. The molecule has 7 heteroatoms. The normalized spacial score (nSPS) is 18.6. The summed E-state index contributed by atoms with van der Waals surface area (Å²) in [6, 6.07) is 12.4. The van der Waals surface area contributed by atoms with E-state index in [1.807, 2.05) is 31.2 Å². The van der Waals surface area contributed by atoms with Gasteiger partial charge in [-0.2, -0.15) is 0 Å². The summed E-state index contributed by atoms with van der Waals surface area (Å²) < 4.78 is 30.7. The van der Waals surface area contributed by atoms with Gasteiger partial charge in [0.25, 0.3) is 0 Å². The standard InChI is InChI=1S/C23H24ClNO4S/c1-14-5-4-6-17(11-14)30(27,28)23(2,22(26)29-3)15-7-9-18-19-13-16(24)8-10-20(19)25-21(18)12-15/h4-6,8,10-11,13,15,25H,7,9,12H2,1-3H3. The molecule has 2 atom stereocenters. The number of ether oxygens (including phenoxy) is 1. The summed E-state index contributed by atoms with van der Waals surface area (Å²) in [6.45, 7) is 3.34. The Balaban J connectivity index is 1.80. The maximum Gasteiger partial charge on any atom is 0.327 e. The minimum Gasteiger partial charge on any atom is -0.468 e. The van der Waals surface area contributed by atoms with Gasteiger partial charge in [0.05, 0.1) is 12.0 Å². The number of H-pyrrole nitrogens is 1. The molecule has 158 valence electrons. The maximum atomic E-state index is 13.7. The third-order valence-corrected chi connectivity index (χ3v) is 9.10. The Morgan fingerprint density at radius 3 is 2.70 bits per heavy atom. The third-order valence-electron chi connectivity index (χ3n) is 6.38. The minimum atomic E-state index is -3.98. The van der Waals surface area contributed by atoms with Crippen molar-refractivity contribution in [3.8, 4) is 0 Å². The Bertz CT molecular complexity index is 1250. The van der Waals surface area contributed by atoms with Crippen molar-refractivity contribution in [3.63, 3.8) is 0 Å². The van der Waals surface area contributed by atoms with Gasteiger partial charge in [-0.3, -0.25) is 4.79 Å². The maximum absolute atomic E-state index is 13.7. The fourth-order valence-corrected chi connectivity index (χ4v) is 6.80. The van der Waals surface area contributed by atoms with Crippen molar-refractivity contribution in [2.75, 3.05) is 7.11 Å². The lowest BCUT2D eigenvalue weighted by Gasteiger charge is -2.36. The first kappa shape index (κ1) is 20.9. The molecule has 0 spiro atoms. The number of methoxy groups -OCH3 is 1. The van der Waals surface area contributed by atoms with E-state index in [0.29, 0.717) is 24.3 Å². The summed E-state index contributed by atoms with van der Waals surface area (Å²) in [5.41, 5.74) is 3.88. The van der Waals surface area contributed by atoms with E-state index in [1.54, 1.807) is 18.2 Å². The number of nitrogens with one attached hydrogen (secondary N) is 1. The second kappa shape index (κ2) is 7.43. The second-order valence-electron chi connectivity index (χ2n) is 8.13. The van der Waals surface area contributed by atoms with Crippen LogP contribution in [-0.4, -0.2) is 31.2 Å². The Kier molecular flexibility index (Phi) is 5.19. The van der Waals surface area contributed by atoms with Gasteiger partial charge in [0.1, 0.15) is 0 Å². The van der Waals surface area contributed by atoms with Crippen molar-refractivity contribution < 1.29 is 17.9 Å². The molecule has 1 heterocycles. The van der Waals surface area contributed by atoms with Gasteiger partial charge in [-0.15, -0.1) is 0 Å². The topological polar surface area (TPSA) is 76.2 Å². The van der Waals surface area contributed by atoms with Crippen molar-refractivity contribution in [1.82, 2.24) is 4.98 Å². The van der Waals surface area contributed by atoms with E-state index in [0.717, 1.165) is 27.7 Å². The molecule has 1 aliphatic carbocycles. The highest BCUT2D eigenvalue weighted by atomic mass is 35.5. The van der Waals surface area contributed by atoms with E-state index in [4.69, 9.17) is 16.3 Å². The zero-order chi connectivity index (χ0) is 21.7. The molecule has 1 aromatic heterocycles. The fourth-order valence-electron chi connectivity index (χ4n) is 4.60. The molecular weight excluding hydrogens is 422 g/mol. The number of carbonyl (C=O) groups is 1. The van der Waals surface area contributed by atoms with E-state index in [1.165, 1.54) is 14.0 Å². The van der Waals surface area contributed by atoms with Gasteiger partial charge in [-0.25, -0.2) is 8.42 Å². The number of fused-ring (bicyclic) bond motifs is 3. The number of rotatable bonds is 4. The van der Waals surface area contributed by atoms with Crippen LogP contribution >= 0.6 is 11.6 Å². The fraction of sp³-hybridized carbons (Fsp3) is 0.348. The lowest BCUT2D eigenvalue weighted by atomic mass is 9.79. The van der Waals surface area contributed by atoms with Gasteiger partial charge in [-0.05, 0) is 80.5 Å². The van der Waals surface area contributed by atoms with Gasteiger partial charge in [-0.1, -0.05) is 23.7 Å². The second-order valence-corrected chi connectivity index (χ2v) is 10.9. The first-order valence-electron chi connectivity index (χ1n) is 9.87. The number of sulfone groups is 1.